The fraction of sp³-hybridized carbons (Fsp3) is 0.632. The number of hydrogen-bond acceptors (Lipinski definition) is 4. The molecule has 2 aromatic heterocycles. The number of ether oxygens (including phenoxy) is 1. The smallest absolute Gasteiger partial charge is 0.368 e. The average molecular weight is 396 g/mol. The van der Waals surface area contributed by atoms with Crippen LogP contribution in [0.15, 0.2) is 12.1 Å². The lowest BCUT2D eigenvalue weighted by Gasteiger charge is -2.19. The van der Waals surface area contributed by atoms with E-state index in [0.717, 1.165) is 23.4 Å². The molecule has 28 heavy (non-hydrogen) atoms. The number of carbonyl (C=O) groups excluding carboxylic acids is 1. The largest absolute Gasteiger partial charge is 0.433 e. The van der Waals surface area contributed by atoms with Gasteiger partial charge in [0.25, 0.3) is 5.91 Å². The Morgan fingerprint density at radius 1 is 1.29 bits per heavy atom. The number of hydrogen-bond donors (Lipinski definition) is 0. The van der Waals surface area contributed by atoms with Crippen molar-refractivity contribution < 1.29 is 22.7 Å². The average Bonchev–Trinajstić information content (AvgIpc) is 3.38. The second-order valence-corrected chi connectivity index (χ2v) is 7.83. The molecule has 0 aliphatic carbocycles. The van der Waals surface area contributed by atoms with Gasteiger partial charge in [0.05, 0.1) is 5.69 Å². The number of nitrogens with zero attached hydrogens (tertiary/aromatic N) is 4. The predicted octanol–water partition coefficient (Wildman–Crippen LogP) is 3.37. The first-order valence-electron chi connectivity index (χ1n) is 9.62. The minimum absolute atomic E-state index is 0.0278. The summed E-state index contributed by atoms with van der Waals surface area (Å²) in [6, 6.07) is 2.68. The van der Waals surface area contributed by atoms with E-state index in [4.69, 9.17) is 4.74 Å². The summed E-state index contributed by atoms with van der Waals surface area (Å²) in [5.41, 5.74) is 0.296. The van der Waals surface area contributed by atoms with Crippen LogP contribution < -0.4 is 0 Å². The number of fused-ring (bicyclic) bond motifs is 1. The molecule has 4 heterocycles. The zero-order valence-corrected chi connectivity index (χ0v) is 15.9. The van der Waals surface area contributed by atoms with Gasteiger partial charge in [-0.1, -0.05) is 13.8 Å². The molecule has 0 radical (unpaired) electrons. The van der Waals surface area contributed by atoms with E-state index in [9.17, 15) is 18.0 Å². The van der Waals surface area contributed by atoms with Gasteiger partial charge in [0, 0.05) is 37.4 Å². The van der Waals surface area contributed by atoms with Crippen LogP contribution in [0.4, 0.5) is 13.2 Å². The Bertz CT molecular complexity index is 887. The van der Waals surface area contributed by atoms with Gasteiger partial charge in [-0.2, -0.15) is 18.3 Å². The SMILES string of the molecule is CC(C)c1cc(C(F)(F)F)n2nc(C3CCN(C(=O)C4CCCO4)C3)cc2n1. The number of rotatable bonds is 3. The highest BCUT2D eigenvalue weighted by atomic mass is 19.4. The normalized spacial score (nSPS) is 23.3. The Morgan fingerprint density at radius 3 is 2.71 bits per heavy atom. The molecular weight excluding hydrogens is 373 g/mol. The molecule has 1 amide bonds. The molecule has 4 rings (SSSR count). The van der Waals surface area contributed by atoms with E-state index in [1.54, 1.807) is 11.0 Å². The first-order valence-corrected chi connectivity index (χ1v) is 9.62. The van der Waals surface area contributed by atoms with Gasteiger partial charge in [-0.05, 0) is 31.2 Å². The van der Waals surface area contributed by atoms with Crippen LogP contribution in [0.25, 0.3) is 5.65 Å². The van der Waals surface area contributed by atoms with Crippen molar-refractivity contribution in [2.75, 3.05) is 19.7 Å². The standard InChI is InChI=1S/C19H23F3N4O2/c1-11(2)13-8-16(19(20,21)22)26-17(23-13)9-14(24-26)12-5-6-25(10-12)18(27)15-4-3-7-28-15/h8-9,11-12,15H,3-7,10H2,1-2H3. The van der Waals surface area contributed by atoms with Crippen molar-refractivity contribution >= 4 is 11.6 Å². The highest BCUT2D eigenvalue weighted by Gasteiger charge is 2.37. The highest BCUT2D eigenvalue weighted by molar-refractivity contribution is 5.81. The summed E-state index contributed by atoms with van der Waals surface area (Å²) < 4.78 is 46.9. The summed E-state index contributed by atoms with van der Waals surface area (Å²) in [6.45, 7) is 5.23. The van der Waals surface area contributed by atoms with Crippen LogP contribution in [0.1, 0.15) is 62.0 Å². The molecular formula is C19H23F3N4O2. The number of likely N-dealkylation sites (tertiary alicyclic amines) is 1. The third kappa shape index (κ3) is 3.47. The summed E-state index contributed by atoms with van der Waals surface area (Å²) in [6.07, 6.45) is -2.63. The number of aromatic nitrogens is 3. The molecule has 6 nitrogen and oxygen atoms in total. The van der Waals surface area contributed by atoms with Crippen molar-refractivity contribution in [1.82, 2.24) is 19.5 Å². The summed E-state index contributed by atoms with van der Waals surface area (Å²) in [5, 5.41) is 4.22. The lowest BCUT2D eigenvalue weighted by atomic mass is 10.1. The van der Waals surface area contributed by atoms with Gasteiger partial charge in [0.1, 0.15) is 11.8 Å². The Kier molecular flexibility index (Phi) is 4.81. The molecule has 0 aromatic carbocycles. The van der Waals surface area contributed by atoms with Gasteiger partial charge in [0.15, 0.2) is 5.65 Å². The monoisotopic (exact) mass is 396 g/mol. The molecule has 0 saturated carbocycles. The van der Waals surface area contributed by atoms with Crippen LogP contribution >= 0.6 is 0 Å². The second kappa shape index (κ2) is 7.02. The van der Waals surface area contributed by atoms with Gasteiger partial charge in [-0.15, -0.1) is 0 Å². The molecule has 0 N–H and O–H groups in total. The number of alkyl halides is 3. The van der Waals surface area contributed by atoms with Crippen LogP contribution in [0.5, 0.6) is 0 Å². The molecule has 152 valence electrons. The number of halogens is 3. The van der Waals surface area contributed by atoms with Crippen LogP contribution in [-0.4, -0.2) is 51.2 Å². The van der Waals surface area contributed by atoms with E-state index < -0.39 is 11.9 Å². The number of amides is 1. The van der Waals surface area contributed by atoms with Gasteiger partial charge in [-0.25, -0.2) is 9.50 Å². The van der Waals surface area contributed by atoms with E-state index in [0.29, 0.717) is 37.5 Å². The zero-order chi connectivity index (χ0) is 20.1. The summed E-state index contributed by atoms with van der Waals surface area (Å²) in [4.78, 5) is 18.6. The summed E-state index contributed by atoms with van der Waals surface area (Å²) in [5.74, 6) is -0.258. The molecule has 2 aliphatic heterocycles. The fourth-order valence-corrected chi connectivity index (χ4v) is 3.89. The van der Waals surface area contributed by atoms with Crippen LogP contribution in [0.2, 0.25) is 0 Å². The maximum atomic E-state index is 13.5. The fourth-order valence-electron chi connectivity index (χ4n) is 3.89. The van der Waals surface area contributed by atoms with Crippen molar-refractivity contribution in [3.05, 3.63) is 29.2 Å². The van der Waals surface area contributed by atoms with Crippen molar-refractivity contribution in [2.45, 2.75) is 57.2 Å². The first kappa shape index (κ1) is 19.2. The molecule has 0 bridgehead atoms. The second-order valence-electron chi connectivity index (χ2n) is 7.83. The van der Waals surface area contributed by atoms with E-state index in [2.05, 4.69) is 10.1 Å². The Morgan fingerprint density at radius 2 is 2.07 bits per heavy atom. The minimum Gasteiger partial charge on any atom is -0.368 e. The lowest BCUT2D eigenvalue weighted by Crippen LogP contribution is -2.37. The first-order chi connectivity index (χ1) is 13.2. The molecule has 2 unspecified atom stereocenters. The number of carbonyl (C=O) groups is 1. The van der Waals surface area contributed by atoms with E-state index in [1.165, 1.54) is 0 Å². The van der Waals surface area contributed by atoms with Gasteiger partial charge in [-0.3, -0.25) is 4.79 Å². The quantitative estimate of drug-likeness (QED) is 0.798. The predicted molar refractivity (Wildman–Crippen MR) is 95.0 cm³/mol. The van der Waals surface area contributed by atoms with Crippen molar-refractivity contribution in [1.29, 1.82) is 0 Å². The molecule has 0 spiro atoms. The maximum absolute atomic E-state index is 13.5. The van der Waals surface area contributed by atoms with Gasteiger partial charge < -0.3 is 9.64 Å². The van der Waals surface area contributed by atoms with Crippen LogP contribution in [0, 0.1) is 0 Å². The van der Waals surface area contributed by atoms with Crippen molar-refractivity contribution in [3.8, 4) is 0 Å². The Hall–Kier alpha value is -2.16. The lowest BCUT2D eigenvalue weighted by molar-refractivity contribution is -0.142. The molecule has 2 aliphatic rings. The van der Waals surface area contributed by atoms with Crippen LogP contribution in [-0.2, 0) is 15.7 Å². The Balaban J connectivity index is 1.62. The third-order valence-electron chi connectivity index (χ3n) is 5.47. The summed E-state index contributed by atoms with van der Waals surface area (Å²) in [7, 11) is 0. The van der Waals surface area contributed by atoms with E-state index in [1.807, 2.05) is 13.8 Å². The van der Waals surface area contributed by atoms with Crippen molar-refractivity contribution in [2.24, 2.45) is 0 Å². The molecule has 2 saturated heterocycles. The molecule has 9 heteroatoms. The van der Waals surface area contributed by atoms with E-state index >= 15 is 0 Å². The molecule has 2 aromatic rings. The topological polar surface area (TPSA) is 59.7 Å². The highest BCUT2D eigenvalue weighted by Crippen LogP contribution is 2.33. The Labute approximate surface area is 160 Å². The zero-order valence-electron chi connectivity index (χ0n) is 15.9. The van der Waals surface area contributed by atoms with Gasteiger partial charge >= 0.3 is 6.18 Å². The summed E-state index contributed by atoms with van der Waals surface area (Å²) >= 11 is 0. The third-order valence-corrected chi connectivity index (χ3v) is 5.47. The minimum atomic E-state index is -4.52. The maximum Gasteiger partial charge on any atom is 0.433 e. The molecule has 2 fully saturated rings. The van der Waals surface area contributed by atoms with Crippen LogP contribution in [0.3, 0.4) is 0 Å². The molecule has 2 atom stereocenters. The van der Waals surface area contributed by atoms with E-state index in [-0.39, 0.29) is 29.5 Å². The van der Waals surface area contributed by atoms with Crippen molar-refractivity contribution in [3.63, 3.8) is 0 Å². The van der Waals surface area contributed by atoms with Gasteiger partial charge in [0.2, 0.25) is 0 Å².